The van der Waals surface area contributed by atoms with Crippen LogP contribution in [0.1, 0.15) is 34.0 Å². The number of esters is 1. The molecule has 2 unspecified atom stereocenters. The van der Waals surface area contributed by atoms with Crippen LogP contribution in [0.4, 0.5) is 0 Å². The Bertz CT molecular complexity index is 1080. The first kappa shape index (κ1) is 22.7. The van der Waals surface area contributed by atoms with Gasteiger partial charge in [0.1, 0.15) is 5.75 Å². The molecule has 2 aromatic rings. The predicted octanol–water partition coefficient (Wildman–Crippen LogP) is 3.89. The zero-order valence-electron chi connectivity index (χ0n) is 17.2. The summed E-state index contributed by atoms with van der Waals surface area (Å²) in [5.74, 6) is -1.73. The topological polar surface area (TPSA) is 151 Å². The number of carbonyl (C=O) groups is 2. The van der Waals surface area contributed by atoms with Gasteiger partial charge in [-0.25, -0.2) is 4.79 Å². The van der Waals surface area contributed by atoms with Gasteiger partial charge in [0.05, 0.1) is 32.0 Å². The van der Waals surface area contributed by atoms with Crippen molar-refractivity contribution in [3.8, 4) is 17.2 Å². The van der Waals surface area contributed by atoms with Crippen LogP contribution < -0.4 is 4.74 Å². The van der Waals surface area contributed by atoms with Gasteiger partial charge in [0.15, 0.2) is 11.5 Å². The Labute approximate surface area is 183 Å². The Morgan fingerprint density at radius 2 is 2.03 bits per heavy atom. The number of azide groups is 1. The molecule has 166 valence electrons. The summed E-state index contributed by atoms with van der Waals surface area (Å²) in [6.45, 7) is 0.484. The Morgan fingerprint density at radius 1 is 1.28 bits per heavy atom. The van der Waals surface area contributed by atoms with Gasteiger partial charge in [-0.3, -0.25) is 4.79 Å². The van der Waals surface area contributed by atoms with E-state index in [1.807, 2.05) is 0 Å². The van der Waals surface area contributed by atoms with E-state index in [-0.39, 0.29) is 29.6 Å². The molecule has 10 nitrogen and oxygen atoms in total. The minimum absolute atomic E-state index is 0.0526. The molecule has 0 aromatic heterocycles. The van der Waals surface area contributed by atoms with Gasteiger partial charge in [0.2, 0.25) is 0 Å². The SMILES string of the molecule is COc1cc(C2CC(COC(=O)/C=C/c3ccc(O)cc3)CO2)cc(C(=O)N=[N+]=[N-])c1O. The fraction of sp³-hybridized carbons (Fsp3) is 0.273. The Kier molecular flexibility index (Phi) is 7.33. The molecule has 0 aliphatic carbocycles. The van der Waals surface area contributed by atoms with Crippen LogP contribution in [0.5, 0.6) is 17.2 Å². The first-order chi connectivity index (χ1) is 15.4. The molecule has 2 atom stereocenters. The predicted molar refractivity (Wildman–Crippen MR) is 113 cm³/mol. The van der Waals surface area contributed by atoms with Crippen molar-refractivity contribution in [3.05, 3.63) is 69.6 Å². The third-order valence-electron chi connectivity index (χ3n) is 4.90. The van der Waals surface area contributed by atoms with E-state index in [2.05, 4.69) is 10.0 Å². The van der Waals surface area contributed by atoms with Gasteiger partial charge in [0.25, 0.3) is 5.91 Å². The van der Waals surface area contributed by atoms with Crippen molar-refractivity contribution in [2.75, 3.05) is 20.3 Å². The van der Waals surface area contributed by atoms with Crippen molar-refractivity contribution in [3.63, 3.8) is 0 Å². The van der Waals surface area contributed by atoms with Gasteiger partial charge < -0.3 is 24.4 Å². The maximum absolute atomic E-state index is 12.0. The van der Waals surface area contributed by atoms with Crippen molar-refractivity contribution >= 4 is 18.0 Å². The number of ether oxygens (including phenoxy) is 3. The maximum atomic E-state index is 12.0. The number of aromatic hydroxyl groups is 2. The van der Waals surface area contributed by atoms with E-state index in [4.69, 9.17) is 19.7 Å². The number of amides is 1. The first-order valence-electron chi connectivity index (χ1n) is 9.67. The molecule has 3 rings (SSSR count). The third kappa shape index (κ3) is 5.57. The zero-order valence-corrected chi connectivity index (χ0v) is 17.2. The lowest BCUT2D eigenvalue weighted by Gasteiger charge is -2.14. The summed E-state index contributed by atoms with van der Waals surface area (Å²) in [6, 6.07) is 9.31. The largest absolute Gasteiger partial charge is 0.508 e. The molecule has 10 heteroatoms. The molecule has 32 heavy (non-hydrogen) atoms. The zero-order chi connectivity index (χ0) is 23.1. The molecule has 1 heterocycles. The first-order valence-corrected chi connectivity index (χ1v) is 9.67. The van der Waals surface area contributed by atoms with Crippen LogP contribution >= 0.6 is 0 Å². The summed E-state index contributed by atoms with van der Waals surface area (Å²) in [6.07, 6.45) is 2.98. The van der Waals surface area contributed by atoms with Gasteiger partial charge >= 0.3 is 5.97 Å². The second-order valence-corrected chi connectivity index (χ2v) is 7.09. The molecule has 1 amide bonds. The number of nitrogens with zero attached hydrogens (tertiary/aromatic N) is 3. The van der Waals surface area contributed by atoms with Crippen LogP contribution in [0.25, 0.3) is 16.5 Å². The highest BCUT2D eigenvalue weighted by Gasteiger charge is 2.29. The molecule has 0 saturated carbocycles. The number of phenolic OH excluding ortho intramolecular Hbond substituents is 2. The van der Waals surface area contributed by atoms with Crippen LogP contribution in [-0.4, -0.2) is 42.4 Å². The lowest BCUT2D eigenvalue weighted by Crippen LogP contribution is -2.12. The van der Waals surface area contributed by atoms with Gasteiger partial charge in [0, 0.05) is 16.9 Å². The van der Waals surface area contributed by atoms with Crippen molar-refractivity contribution in [1.29, 1.82) is 0 Å². The molecule has 1 aliphatic rings. The van der Waals surface area contributed by atoms with E-state index in [9.17, 15) is 19.8 Å². The molecule has 1 fully saturated rings. The Balaban J connectivity index is 1.61. The lowest BCUT2D eigenvalue weighted by atomic mass is 9.98. The van der Waals surface area contributed by atoms with Crippen molar-refractivity contribution in [2.24, 2.45) is 11.0 Å². The van der Waals surface area contributed by atoms with Crippen LogP contribution in [0.2, 0.25) is 0 Å². The molecular weight excluding hydrogens is 418 g/mol. The summed E-state index contributed by atoms with van der Waals surface area (Å²) in [4.78, 5) is 26.4. The molecule has 1 saturated heterocycles. The normalized spacial score (nSPS) is 17.7. The highest BCUT2D eigenvalue weighted by Crippen LogP contribution is 2.39. The molecule has 0 spiro atoms. The quantitative estimate of drug-likeness (QED) is 0.218. The average Bonchev–Trinajstić information content (AvgIpc) is 3.26. The Morgan fingerprint density at radius 3 is 2.72 bits per heavy atom. The smallest absolute Gasteiger partial charge is 0.330 e. The van der Waals surface area contributed by atoms with E-state index in [0.717, 1.165) is 5.56 Å². The summed E-state index contributed by atoms with van der Waals surface area (Å²) in [5.41, 5.74) is 9.62. The van der Waals surface area contributed by atoms with Crippen molar-refractivity contribution in [2.45, 2.75) is 12.5 Å². The number of benzene rings is 2. The minimum Gasteiger partial charge on any atom is -0.508 e. The van der Waals surface area contributed by atoms with Gasteiger partial charge in [-0.15, -0.1) is 0 Å². The molecule has 0 radical (unpaired) electrons. The van der Waals surface area contributed by atoms with Crippen LogP contribution in [0.15, 0.2) is 47.6 Å². The summed E-state index contributed by atoms with van der Waals surface area (Å²) in [7, 11) is 1.34. The molecular formula is C22H21N3O7. The number of phenols is 2. The fourth-order valence-corrected chi connectivity index (χ4v) is 3.27. The maximum Gasteiger partial charge on any atom is 0.330 e. The summed E-state index contributed by atoms with van der Waals surface area (Å²) < 4.78 is 16.2. The highest BCUT2D eigenvalue weighted by molar-refractivity contribution is 5.98. The van der Waals surface area contributed by atoms with E-state index in [0.29, 0.717) is 18.6 Å². The van der Waals surface area contributed by atoms with Gasteiger partial charge in [-0.05, 0) is 58.5 Å². The second-order valence-electron chi connectivity index (χ2n) is 7.09. The lowest BCUT2D eigenvalue weighted by molar-refractivity contribution is -0.139. The van der Waals surface area contributed by atoms with E-state index < -0.39 is 23.7 Å². The molecule has 1 aliphatic heterocycles. The number of rotatable bonds is 7. The summed E-state index contributed by atoms with van der Waals surface area (Å²) in [5, 5.41) is 22.4. The number of hydrogen-bond donors (Lipinski definition) is 2. The average molecular weight is 439 g/mol. The molecule has 2 aromatic carbocycles. The van der Waals surface area contributed by atoms with Gasteiger partial charge in [-0.2, -0.15) is 0 Å². The monoisotopic (exact) mass is 439 g/mol. The van der Waals surface area contributed by atoms with E-state index in [1.165, 1.54) is 31.4 Å². The molecule has 0 bridgehead atoms. The van der Waals surface area contributed by atoms with Crippen LogP contribution in [0, 0.1) is 5.92 Å². The second kappa shape index (κ2) is 10.3. The minimum atomic E-state index is -0.936. The van der Waals surface area contributed by atoms with Crippen LogP contribution in [-0.2, 0) is 14.3 Å². The fourth-order valence-electron chi connectivity index (χ4n) is 3.27. The Hall–Kier alpha value is -4.01. The standard InChI is InChI=1S/C22H21N3O7/c1-30-19-10-15(9-17(21(19)28)22(29)24-25-23)18-8-14(11-31-18)12-32-20(27)7-4-13-2-5-16(26)6-3-13/h2-7,9-10,14,18,26,28H,8,11-12H2,1H3/b7-4+. The van der Waals surface area contributed by atoms with Gasteiger partial charge in [-0.1, -0.05) is 12.1 Å². The number of carbonyl (C=O) groups excluding carboxylic acids is 2. The summed E-state index contributed by atoms with van der Waals surface area (Å²) >= 11 is 0. The van der Waals surface area contributed by atoms with Crippen molar-refractivity contribution in [1.82, 2.24) is 0 Å². The highest BCUT2D eigenvalue weighted by atomic mass is 16.5. The number of methoxy groups -OCH3 is 1. The van der Waals surface area contributed by atoms with E-state index in [1.54, 1.807) is 24.3 Å². The third-order valence-corrected chi connectivity index (χ3v) is 4.90. The van der Waals surface area contributed by atoms with Crippen molar-refractivity contribution < 1.29 is 34.0 Å². The molecule has 2 N–H and O–H groups in total. The number of hydrogen-bond acceptors (Lipinski definition) is 7. The van der Waals surface area contributed by atoms with E-state index >= 15 is 0 Å². The van der Waals surface area contributed by atoms with Crippen LogP contribution in [0.3, 0.4) is 0 Å².